The summed E-state index contributed by atoms with van der Waals surface area (Å²) in [6.45, 7) is 0.230. The van der Waals surface area contributed by atoms with E-state index in [1.165, 1.54) is 6.07 Å². The van der Waals surface area contributed by atoms with Crippen LogP contribution < -0.4 is 4.72 Å². The summed E-state index contributed by atoms with van der Waals surface area (Å²) < 4.78 is 46.0. The fourth-order valence-corrected chi connectivity index (χ4v) is 3.75. The third-order valence-electron chi connectivity index (χ3n) is 3.02. The van der Waals surface area contributed by atoms with Crippen molar-refractivity contribution in [3.63, 3.8) is 0 Å². The van der Waals surface area contributed by atoms with Crippen LogP contribution in [-0.2, 0) is 21.4 Å². The van der Waals surface area contributed by atoms with E-state index in [-0.39, 0.29) is 23.2 Å². The maximum Gasteiger partial charge on any atom is 0.243 e. The molecule has 2 rings (SSSR count). The molecule has 1 aromatic rings. The molecule has 1 aliphatic rings. The molecule has 1 atom stereocenters. The number of halogens is 2. The first kappa shape index (κ1) is 15.7. The fraction of sp³-hybridized carbons (Fsp3) is 0.500. The lowest BCUT2D eigenvalue weighted by Gasteiger charge is -2.23. The molecule has 112 valence electrons. The first-order valence-corrected chi connectivity index (χ1v) is 7.99. The van der Waals surface area contributed by atoms with Gasteiger partial charge in [-0.25, -0.2) is 17.5 Å². The van der Waals surface area contributed by atoms with Gasteiger partial charge in [0.2, 0.25) is 10.0 Å². The van der Waals surface area contributed by atoms with Gasteiger partial charge in [-0.3, -0.25) is 0 Å². The molecule has 0 spiro atoms. The van der Waals surface area contributed by atoms with Gasteiger partial charge in [0.15, 0.2) is 0 Å². The molecule has 0 saturated carbocycles. The second-order valence-electron chi connectivity index (χ2n) is 4.57. The van der Waals surface area contributed by atoms with Crippen molar-refractivity contribution in [2.45, 2.75) is 30.4 Å². The Kier molecular flexibility index (Phi) is 4.98. The number of aliphatic hydroxyl groups is 1. The summed E-state index contributed by atoms with van der Waals surface area (Å²) in [5.74, 6) is -0.985. The Morgan fingerprint density at radius 3 is 2.85 bits per heavy atom. The zero-order valence-corrected chi connectivity index (χ0v) is 12.2. The average molecular weight is 324 g/mol. The molecule has 0 aromatic heterocycles. The molecule has 20 heavy (non-hydrogen) atoms. The summed E-state index contributed by atoms with van der Waals surface area (Å²) in [7, 11) is -4.05. The van der Waals surface area contributed by atoms with Crippen molar-refractivity contribution in [1.82, 2.24) is 4.72 Å². The molecule has 0 radical (unpaired) electrons. The number of benzene rings is 1. The second-order valence-corrected chi connectivity index (χ2v) is 6.69. The van der Waals surface area contributed by atoms with Crippen molar-refractivity contribution < 1.29 is 22.7 Å². The zero-order chi connectivity index (χ0) is 14.8. The van der Waals surface area contributed by atoms with Crippen molar-refractivity contribution in [1.29, 1.82) is 0 Å². The van der Waals surface area contributed by atoms with Crippen LogP contribution in [0.4, 0.5) is 4.39 Å². The molecule has 5 nitrogen and oxygen atoms in total. The van der Waals surface area contributed by atoms with E-state index in [0.717, 1.165) is 12.5 Å². The lowest BCUT2D eigenvalue weighted by molar-refractivity contribution is 0.0774. The first-order chi connectivity index (χ1) is 9.44. The van der Waals surface area contributed by atoms with Gasteiger partial charge in [-0.15, -0.1) is 0 Å². The largest absolute Gasteiger partial charge is 0.392 e. The van der Waals surface area contributed by atoms with E-state index in [4.69, 9.17) is 21.4 Å². The molecule has 1 fully saturated rings. The number of ether oxygens (including phenoxy) is 1. The van der Waals surface area contributed by atoms with Gasteiger partial charge in [0.25, 0.3) is 0 Å². The molecule has 1 heterocycles. The van der Waals surface area contributed by atoms with Crippen LogP contribution in [0.2, 0.25) is 5.02 Å². The SMILES string of the molecule is O=S(=O)(NC1CCCOC1)c1cc(Cl)cc(CO)c1F. The molecule has 0 amide bonds. The molecule has 1 aliphatic heterocycles. The first-order valence-electron chi connectivity index (χ1n) is 6.13. The van der Waals surface area contributed by atoms with Crippen molar-refractivity contribution >= 4 is 21.6 Å². The maximum absolute atomic E-state index is 14.0. The van der Waals surface area contributed by atoms with E-state index in [9.17, 15) is 12.8 Å². The van der Waals surface area contributed by atoms with Gasteiger partial charge >= 0.3 is 0 Å². The summed E-state index contributed by atoms with van der Waals surface area (Å²) in [6.07, 6.45) is 1.38. The minimum Gasteiger partial charge on any atom is -0.392 e. The van der Waals surface area contributed by atoms with Crippen LogP contribution >= 0.6 is 11.6 Å². The van der Waals surface area contributed by atoms with Crippen molar-refractivity contribution in [3.8, 4) is 0 Å². The van der Waals surface area contributed by atoms with E-state index in [1.54, 1.807) is 0 Å². The van der Waals surface area contributed by atoms with Crippen LogP contribution in [0.5, 0.6) is 0 Å². The maximum atomic E-state index is 14.0. The molecule has 1 aromatic carbocycles. The third kappa shape index (κ3) is 3.48. The van der Waals surface area contributed by atoms with Crippen LogP contribution in [0.3, 0.4) is 0 Å². The molecule has 0 bridgehead atoms. The minimum absolute atomic E-state index is 0.0516. The topological polar surface area (TPSA) is 75.6 Å². The van der Waals surface area contributed by atoms with Gasteiger partial charge in [-0.2, -0.15) is 0 Å². The molecule has 0 aliphatic carbocycles. The lowest BCUT2D eigenvalue weighted by Crippen LogP contribution is -2.40. The molecule has 1 saturated heterocycles. The van der Waals surface area contributed by atoms with Crippen molar-refractivity contribution in [3.05, 3.63) is 28.5 Å². The highest BCUT2D eigenvalue weighted by atomic mass is 35.5. The molecular formula is C12H15ClFNO4S. The van der Waals surface area contributed by atoms with E-state index >= 15 is 0 Å². The summed E-state index contributed by atoms with van der Waals surface area (Å²) in [6, 6.07) is 1.84. The number of nitrogens with one attached hydrogen (secondary N) is 1. The van der Waals surface area contributed by atoms with E-state index < -0.39 is 27.3 Å². The standard InChI is InChI=1S/C12H15ClFNO4S/c13-9-4-8(6-16)12(14)11(5-9)20(17,18)15-10-2-1-3-19-7-10/h4-5,10,15-16H,1-3,6-7H2. The van der Waals surface area contributed by atoms with E-state index in [1.807, 2.05) is 0 Å². The zero-order valence-electron chi connectivity index (χ0n) is 10.6. The highest BCUT2D eigenvalue weighted by molar-refractivity contribution is 7.89. The number of aliphatic hydroxyl groups excluding tert-OH is 1. The van der Waals surface area contributed by atoms with Crippen LogP contribution in [0.25, 0.3) is 0 Å². The Bertz CT molecular complexity index is 587. The Hall–Kier alpha value is -0.730. The highest BCUT2D eigenvalue weighted by Gasteiger charge is 2.26. The van der Waals surface area contributed by atoms with Gasteiger partial charge in [-0.1, -0.05) is 11.6 Å². The van der Waals surface area contributed by atoms with Gasteiger partial charge in [-0.05, 0) is 25.0 Å². The summed E-state index contributed by atoms with van der Waals surface area (Å²) in [5, 5.41) is 9.07. The van der Waals surface area contributed by atoms with E-state index in [0.29, 0.717) is 13.0 Å². The predicted molar refractivity (Wildman–Crippen MR) is 71.5 cm³/mol. The van der Waals surface area contributed by atoms with Gasteiger partial charge in [0.1, 0.15) is 10.7 Å². The predicted octanol–water partition coefficient (Wildman–Crippen LogP) is 1.43. The second kappa shape index (κ2) is 6.36. The van der Waals surface area contributed by atoms with Crippen LogP contribution in [0.1, 0.15) is 18.4 Å². The molecular weight excluding hydrogens is 309 g/mol. The third-order valence-corrected chi connectivity index (χ3v) is 4.76. The Labute approximate surface area is 121 Å². The number of hydrogen-bond acceptors (Lipinski definition) is 4. The Balaban J connectivity index is 2.31. The number of sulfonamides is 1. The van der Waals surface area contributed by atoms with Crippen LogP contribution in [0.15, 0.2) is 17.0 Å². The van der Waals surface area contributed by atoms with Crippen LogP contribution in [0, 0.1) is 5.82 Å². The summed E-state index contributed by atoms with van der Waals surface area (Å²) in [4.78, 5) is -0.556. The summed E-state index contributed by atoms with van der Waals surface area (Å²) >= 11 is 5.75. The molecule has 1 unspecified atom stereocenters. The van der Waals surface area contributed by atoms with Gasteiger partial charge in [0.05, 0.1) is 13.2 Å². The Morgan fingerprint density at radius 1 is 1.50 bits per heavy atom. The van der Waals surface area contributed by atoms with Crippen molar-refractivity contribution in [2.75, 3.05) is 13.2 Å². The monoisotopic (exact) mass is 323 g/mol. The highest BCUT2D eigenvalue weighted by Crippen LogP contribution is 2.24. The summed E-state index contributed by atoms with van der Waals surface area (Å²) in [5.41, 5.74) is -0.155. The van der Waals surface area contributed by atoms with Gasteiger partial charge < -0.3 is 9.84 Å². The smallest absolute Gasteiger partial charge is 0.243 e. The lowest BCUT2D eigenvalue weighted by atomic mass is 10.1. The van der Waals surface area contributed by atoms with E-state index in [2.05, 4.69) is 4.72 Å². The average Bonchev–Trinajstić information content (AvgIpc) is 2.41. The normalized spacial score (nSPS) is 20.1. The minimum atomic E-state index is -4.05. The quantitative estimate of drug-likeness (QED) is 0.879. The fourth-order valence-electron chi connectivity index (χ4n) is 2.05. The number of hydrogen-bond donors (Lipinski definition) is 2. The van der Waals surface area contributed by atoms with Gasteiger partial charge in [0, 0.05) is 23.2 Å². The molecule has 8 heteroatoms. The Morgan fingerprint density at radius 2 is 2.25 bits per heavy atom. The number of rotatable bonds is 4. The molecule has 2 N–H and O–H groups in total. The van der Waals surface area contributed by atoms with Crippen molar-refractivity contribution in [2.24, 2.45) is 0 Å². The van der Waals surface area contributed by atoms with Crippen LogP contribution in [-0.4, -0.2) is 32.8 Å².